The van der Waals surface area contributed by atoms with Crippen LogP contribution in [0.4, 0.5) is 0 Å². The smallest absolute Gasteiger partial charge is 0.0303 e. The van der Waals surface area contributed by atoms with E-state index in [-0.39, 0.29) is 0 Å². The Hall–Kier alpha value is -1.73. The molecule has 0 aliphatic heterocycles. The molecule has 1 heteroatoms. The van der Waals surface area contributed by atoms with Gasteiger partial charge in [-0.05, 0) is 12.5 Å². The zero-order valence-corrected chi connectivity index (χ0v) is 12.6. The molecule has 2 unspecified atom stereocenters. The van der Waals surface area contributed by atoms with Crippen LogP contribution >= 0.6 is 12.6 Å². The van der Waals surface area contributed by atoms with E-state index >= 15 is 0 Å². The molecule has 0 saturated heterocycles. The largest absolute Gasteiger partial charge is 0.171 e. The first-order chi connectivity index (χ1) is 9.77. The zero-order chi connectivity index (χ0) is 14.2. The maximum Gasteiger partial charge on any atom is 0.0303 e. The van der Waals surface area contributed by atoms with Crippen molar-refractivity contribution in [2.45, 2.75) is 18.1 Å². The van der Waals surface area contributed by atoms with E-state index in [1.807, 2.05) is 24.3 Å². The van der Waals surface area contributed by atoms with E-state index in [1.54, 1.807) is 0 Å². The molecule has 0 bridgehead atoms. The molecule has 20 heavy (non-hydrogen) atoms. The Balaban J connectivity index is 0.000000178. The van der Waals surface area contributed by atoms with Gasteiger partial charge in [0.15, 0.2) is 0 Å². The highest BCUT2D eigenvalue weighted by Crippen LogP contribution is 2.28. The van der Waals surface area contributed by atoms with Gasteiger partial charge in [0.25, 0.3) is 0 Å². The van der Waals surface area contributed by atoms with Gasteiger partial charge in [-0.2, -0.15) is 12.6 Å². The fourth-order valence-electron chi connectivity index (χ4n) is 2.11. The molecular weight excluding hydrogens is 260 g/mol. The second-order valence-corrected chi connectivity index (χ2v) is 5.45. The molecule has 0 N–H and O–H groups in total. The molecule has 1 aliphatic carbocycles. The molecule has 0 saturated carbocycles. The minimum atomic E-state index is 0.312. The lowest BCUT2D eigenvalue weighted by Gasteiger charge is -2.19. The lowest BCUT2D eigenvalue weighted by Crippen LogP contribution is -2.09. The lowest BCUT2D eigenvalue weighted by molar-refractivity contribution is 0.876. The first kappa shape index (κ1) is 14.7. The van der Waals surface area contributed by atoms with Crippen molar-refractivity contribution < 1.29 is 0 Å². The monoisotopic (exact) mass is 280 g/mol. The highest BCUT2D eigenvalue weighted by molar-refractivity contribution is 7.81. The Morgan fingerprint density at radius 2 is 1.30 bits per heavy atom. The number of thiol groups is 1. The van der Waals surface area contributed by atoms with Crippen LogP contribution in [0, 0.1) is 6.92 Å². The minimum absolute atomic E-state index is 0.312. The zero-order valence-electron chi connectivity index (χ0n) is 11.7. The molecule has 2 aromatic carbocycles. The summed E-state index contributed by atoms with van der Waals surface area (Å²) in [5.41, 5.74) is 2.66. The fourth-order valence-corrected chi connectivity index (χ4v) is 2.48. The summed E-state index contributed by atoms with van der Waals surface area (Å²) in [4.78, 5) is 0. The number of aryl methyl sites for hydroxylation is 1. The highest BCUT2D eigenvalue weighted by atomic mass is 32.1. The van der Waals surface area contributed by atoms with Crippen molar-refractivity contribution in [2.75, 3.05) is 0 Å². The van der Waals surface area contributed by atoms with Crippen LogP contribution in [0.25, 0.3) is 0 Å². The van der Waals surface area contributed by atoms with E-state index < -0.39 is 0 Å². The van der Waals surface area contributed by atoms with Crippen molar-refractivity contribution in [3.8, 4) is 0 Å². The second kappa shape index (κ2) is 7.76. The van der Waals surface area contributed by atoms with Crippen molar-refractivity contribution in [1.82, 2.24) is 0 Å². The van der Waals surface area contributed by atoms with Gasteiger partial charge in [0, 0.05) is 11.2 Å². The Morgan fingerprint density at radius 1 is 0.750 bits per heavy atom. The van der Waals surface area contributed by atoms with E-state index in [1.165, 1.54) is 11.1 Å². The number of allylic oxidation sites excluding steroid dienone is 3. The second-order valence-electron chi connectivity index (χ2n) is 4.85. The van der Waals surface area contributed by atoms with Gasteiger partial charge >= 0.3 is 0 Å². The Labute approximate surface area is 127 Å². The summed E-state index contributed by atoms with van der Waals surface area (Å²) in [6, 6.07) is 20.7. The molecular formula is C19H20S. The lowest BCUT2D eigenvalue weighted by atomic mass is 9.92. The topological polar surface area (TPSA) is 0 Å². The average Bonchev–Trinajstić information content (AvgIpc) is 2.50. The number of hydrogen-bond donors (Lipinski definition) is 1. The molecule has 0 heterocycles. The molecule has 0 spiro atoms. The summed E-state index contributed by atoms with van der Waals surface area (Å²) >= 11 is 4.53. The standard InChI is InChI=1S/C12H12S.C7H8/c13-12-9-5-4-8-11(12)10-6-2-1-3-7-10;1-7-5-3-2-4-6-7/h1-9,11-13H;2-6H,1H3. The Bertz CT molecular complexity index is 555. The summed E-state index contributed by atoms with van der Waals surface area (Å²) < 4.78 is 0. The molecule has 0 fully saturated rings. The summed E-state index contributed by atoms with van der Waals surface area (Å²) in [5.74, 6) is 0.425. The van der Waals surface area contributed by atoms with Crippen LogP contribution in [0.5, 0.6) is 0 Å². The minimum Gasteiger partial charge on any atom is -0.171 e. The van der Waals surface area contributed by atoms with E-state index in [0.717, 1.165) is 0 Å². The first-order valence-corrected chi connectivity index (χ1v) is 7.38. The van der Waals surface area contributed by atoms with Crippen LogP contribution in [0.3, 0.4) is 0 Å². The Kier molecular flexibility index (Phi) is 5.69. The molecule has 1 aliphatic rings. The molecule has 2 aromatic rings. The fraction of sp³-hybridized carbons (Fsp3) is 0.158. The van der Waals surface area contributed by atoms with Crippen LogP contribution in [-0.4, -0.2) is 5.25 Å². The predicted octanol–water partition coefficient (Wildman–Crippen LogP) is 5.19. The quantitative estimate of drug-likeness (QED) is 0.683. The van der Waals surface area contributed by atoms with Gasteiger partial charge < -0.3 is 0 Å². The molecule has 0 aromatic heterocycles. The van der Waals surface area contributed by atoms with Crippen LogP contribution in [0.1, 0.15) is 17.0 Å². The Morgan fingerprint density at radius 3 is 1.80 bits per heavy atom. The number of hydrogen-bond acceptors (Lipinski definition) is 1. The van der Waals surface area contributed by atoms with E-state index in [4.69, 9.17) is 0 Å². The van der Waals surface area contributed by atoms with Crippen LogP contribution in [-0.2, 0) is 0 Å². The molecule has 0 amide bonds. The molecule has 0 radical (unpaired) electrons. The highest BCUT2D eigenvalue weighted by Gasteiger charge is 2.15. The third-order valence-corrected chi connectivity index (χ3v) is 3.72. The van der Waals surface area contributed by atoms with Gasteiger partial charge in [-0.15, -0.1) is 0 Å². The van der Waals surface area contributed by atoms with E-state index in [9.17, 15) is 0 Å². The van der Waals surface area contributed by atoms with Crippen LogP contribution in [0.2, 0.25) is 0 Å². The predicted molar refractivity (Wildman–Crippen MR) is 91.4 cm³/mol. The van der Waals surface area contributed by atoms with Gasteiger partial charge in [-0.25, -0.2) is 0 Å². The number of benzene rings is 2. The summed E-state index contributed by atoms with van der Waals surface area (Å²) in [6.45, 7) is 2.08. The third kappa shape index (κ3) is 4.43. The van der Waals surface area contributed by atoms with Gasteiger partial charge in [0.1, 0.15) is 0 Å². The average molecular weight is 280 g/mol. The van der Waals surface area contributed by atoms with Gasteiger partial charge in [-0.3, -0.25) is 0 Å². The van der Waals surface area contributed by atoms with Crippen molar-refractivity contribution >= 4 is 12.6 Å². The van der Waals surface area contributed by atoms with Gasteiger partial charge in [-0.1, -0.05) is 90.5 Å². The summed E-state index contributed by atoms with van der Waals surface area (Å²) in [7, 11) is 0. The van der Waals surface area contributed by atoms with Crippen LogP contribution < -0.4 is 0 Å². The van der Waals surface area contributed by atoms with Crippen molar-refractivity contribution in [3.05, 3.63) is 96.1 Å². The molecule has 0 nitrogen and oxygen atoms in total. The van der Waals surface area contributed by atoms with Crippen molar-refractivity contribution in [3.63, 3.8) is 0 Å². The maximum absolute atomic E-state index is 4.53. The van der Waals surface area contributed by atoms with Crippen molar-refractivity contribution in [2.24, 2.45) is 0 Å². The molecule has 2 atom stereocenters. The van der Waals surface area contributed by atoms with Gasteiger partial charge in [0.2, 0.25) is 0 Å². The first-order valence-electron chi connectivity index (χ1n) is 6.87. The maximum atomic E-state index is 4.53. The summed E-state index contributed by atoms with van der Waals surface area (Å²) in [5, 5.41) is 0.312. The van der Waals surface area contributed by atoms with E-state index in [2.05, 4.69) is 80.3 Å². The van der Waals surface area contributed by atoms with E-state index in [0.29, 0.717) is 11.2 Å². The SMILES string of the molecule is Cc1ccccc1.SC1C=CC=CC1c1ccccc1. The van der Waals surface area contributed by atoms with Crippen molar-refractivity contribution in [1.29, 1.82) is 0 Å². The normalized spacial score (nSPS) is 20.1. The van der Waals surface area contributed by atoms with Crippen LogP contribution in [0.15, 0.2) is 85.0 Å². The van der Waals surface area contributed by atoms with Gasteiger partial charge in [0.05, 0.1) is 0 Å². The third-order valence-electron chi connectivity index (χ3n) is 3.23. The summed E-state index contributed by atoms with van der Waals surface area (Å²) in [6.07, 6.45) is 8.47. The molecule has 3 rings (SSSR count). The molecule has 102 valence electrons. The number of rotatable bonds is 1.